The van der Waals surface area contributed by atoms with Gasteiger partial charge in [-0.1, -0.05) is 11.6 Å². The lowest BCUT2D eigenvalue weighted by atomic mass is 9.92. The fourth-order valence-electron chi connectivity index (χ4n) is 2.54. The Kier molecular flexibility index (Phi) is 3.20. The molecule has 0 bridgehead atoms. The summed E-state index contributed by atoms with van der Waals surface area (Å²) in [5.41, 5.74) is 0.0518. The van der Waals surface area contributed by atoms with Gasteiger partial charge in [0.1, 0.15) is 11.4 Å². The monoisotopic (exact) mass is 310 g/mol. The molecule has 0 radical (unpaired) electrons. The summed E-state index contributed by atoms with van der Waals surface area (Å²) < 4.78 is 11.4. The summed E-state index contributed by atoms with van der Waals surface area (Å²) in [4.78, 5) is 13.6. The predicted molar refractivity (Wildman–Crippen MR) is 81.1 cm³/mol. The van der Waals surface area contributed by atoms with Gasteiger partial charge < -0.3 is 14.8 Å². The van der Waals surface area contributed by atoms with Crippen molar-refractivity contribution in [3.63, 3.8) is 0 Å². The number of halogens is 1. The van der Waals surface area contributed by atoms with Gasteiger partial charge in [-0.25, -0.2) is 4.79 Å². The second-order valence-corrected chi connectivity index (χ2v) is 7.05. The summed E-state index contributed by atoms with van der Waals surface area (Å²) in [5, 5.41) is 3.99. The second-order valence-electron chi connectivity index (χ2n) is 6.62. The number of nitrogens with zero attached hydrogens (tertiary/aromatic N) is 1. The first-order valence-electron chi connectivity index (χ1n) is 6.97. The first-order valence-corrected chi connectivity index (χ1v) is 7.35. The molecule has 1 amide bonds. The van der Waals surface area contributed by atoms with Gasteiger partial charge in [-0.15, -0.1) is 0 Å². The van der Waals surface area contributed by atoms with Crippen molar-refractivity contribution in [2.45, 2.75) is 32.0 Å². The topological polar surface area (TPSA) is 50.8 Å². The third-order valence-corrected chi connectivity index (χ3v) is 3.71. The normalized spacial score (nSPS) is 19.1. The van der Waals surface area contributed by atoms with Crippen LogP contribution in [0, 0.1) is 0 Å². The molecular weight excluding hydrogens is 292 g/mol. The fourth-order valence-corrected chi connectivity index (χ4v) is 2.71. The zero-order valence-electron chi connectivity index (χ0n) is 12.4. The summed E-state index contributed by atoms with van der Waals surface area (Å²) in [6.07, 6.45) is -0.293. The number of amides is 1. The molecule has 1 saturated heterocycles. The van der Waals surface area contributed by atoms with E-state index in [1.165, 1.54) is 0 Å². The highest BCUT2D eigenvalue weighted by Gasteiger charge is 2.50. The molecule has 1 N–H and O–H groups in total. The van der Waals surface area contributed by atoms with Crippen molar-refractivity contribution in [3.8, 4) is 5.75 Å². The maximum atomic E-state index is 12.0. The Labute approximate surface area is 129 Å². The van der Waals surface area contributed by atoms with Crippen LogP contribution in [0.5, 0.6) is 5.75 Å². The van der Waals surface area contributed by atoms with Gasteiger partial charge in [0, 0.05) is 5.02 Å². The van der Waals surface area contributed by atoms with Crippen molar-refractivity contribution < 1.29 is 14.3 Å². The largest absolute Gasteiger partial charge is 0.480 e. The summed E-state index contributed by atoms with van der Waals surface area (Å²) in [6, 6.07) is 5.49. The van der Waals surface area contributed by atoms with Gasteiger partial charge in [-0.2, -0.15) is 0 Å². The van der Waals surface area contributed by atoms with Gasteiger partial charge in [0.15, 0.2) is 5.60 Å². The van der Waals surface area contributed by atoms with Crippen LogP contribution in [0.4, 0.5) is 10.5 Å². The summed E-state index contributed by atoms with van der Waals surface area (Å²) >= 11 is 5.96. The van der Waals surface area contributed by atoms with Crippen LogP contribution in [-0.4, -0.2) is 41.8 Å². The number of rotatable bonds is 0. The van der Waals surface area contributed by atoms with Crippen LogP contribution in [0.1, 0.15) is 20.8 Å². The highest BCUT2D eigenvalue weighted by molar-refractivity contribution is 6.30. The summed E-state index contributed by atoms with van der Waals surface area (Å²) in [5.74, 6) is 0.773. The van der Waals surface area contributed by atoms with E-state index in [1.54, 1.807) is 11.0 Å². The molecule has 2 aliphatic rings. The highest BCUT2D eigenvalue weighted by atomic mass is 35.5. The average molecular weight is 311 g/mol. The molecule has 0 aliphatic carbocycles. The lowest BCUT2D eigenvalue weighted by Gasteiger charge is -2.51. The van der Waals surface area contributed by atoms with Gasteiger partial charge in [-0.05, 0) is 39.0 Å². The molecule has 1 aromatic rings. The summed E-state index contributed by atoms with van der Waals surface area (Å²) in [6.45, 7) is 7.28. The fraction of sp³-hybridized carbons (Fsp3) is 0.533. The number of hydrogen-bond donors (Lipinski definition) is 1. The van der Waals surface area contributed by atoms with Crippen molar-refractivity contribution in [2.75, 3.05) is 25.0 Å². The third kappa shape index (κ3) is 2.88. The molecule has 3 rings (SSSR count). The Hall–Kier alpha value is -1.62. The van der Waals surface area contributed by atoms with Gasteiger partial charge in [0.05, 0.1) is 25.3 Å². The van der Waals surface area contributed by atoms with E-state index in [0.717, 1.165) is 11.4 Å². The number of carbonyl (C=O) groups excluding carboxylic acids is 1. The zero-order valence-corrected chi connectivity index (χ0v) is 13.2. The molecule has 0 atom stereocenters. The number of benzene rings is 1. The Bertz CT molecular complexity index is 577. The van der Waals surface area contributed by atoms with E-state index in [9.17, 15) is 4.79 Å². The maximum absolute atomic E-state index is 12.0. The molecule has 1 fully saturated rings. The minimum Gasteiger partial charge on any atom is -0.480 e. The Morgan fingerprint density at radius 2 is 2.14 bits per heavy atom. The van der Waals surface area contributed by atoms with Crippen molar-refractivity contribution >= 4 is 23.4 Å². The molecule has 0 aromatic heterocycles. The van der Waals surface area contributed by atoms with Crippen LogP contribution in [-0.2, 0) is 4.74 Å². The minimum atomic E-state index is -0.477. The molecule has 1 aromatic carbocycles. The highest BCUT2D eigenvalue weighted by Crippen LogP contribution is 2.38. The lowest BCUT2D eigenvalue weighted by Crippen LogP contribution is -2.70. The van der Waals surface area contributed by atoms with Crippen LogP contribution in [0.3, 0.4) is 0 Å². The Morgan fingerprint density at radius 1 is 1.43 bits per heavy atom. The average Bonchev–Trinajstić information content (AvgIpc) is 2.33. The first kappa shape index (κ1) is 14.3. The van der Waals surface area contributed by atoms with E-state index in [-0.39, 0.29) is 11.7 Å². The Morgan fingerprint density at radius 3 is 2.81 bits per heavy atom. The van der Waals surface area contributed by atoms with Crippen molar-refractivity contribution in [1.82, 2.24) is 4.90 Å². The van der Waals surface area contributed by atoms with E-state index in [0.29, 0.717) is 24.7 Å². The van der Waals surface area contributed by atoms with E-state index in [2.05, 4.69) is 5.32 Å². The molecule has 6 heteroatoms. The standard InChI is InChI=1S/C15H19ClN2O3/c1-14(2,3)21-13(19)18-8-15(9-18)7-17-11-6-10(16)4-5-12(11)20-15/h4-6,17H,7-9H2,1-3H3. The number of anilines is 1. The number of ether oxygens (including phenoxy) is 2. The van der Waals surface area contributed by atoms with Gasteiger partial charge in [-0.3, -0.25) is 4.90 Å². The number of carbonyl (C=O) groups is 1. The zero-order chi connectivity index (χ0) is 15.3. The molecule has 21 heavy (non-hydrogen) atoms. The van der Waals surface area contributed by atoms with Crippen molar-refractivity contribution in [2.24, 2.45) is 0 Å². The number of fused-ring (bicyclic) bond motifs is 1. The summed E-state index contributed by atoms with van der Waals surface area (Å²) in [7, 11) is 0. The maximum Gasteiger partial charge on any atom is 0.410 e. The number of nitrogens with one attached hydrogen (secondary N) is 1. The van der Waals surface area contributed by atoms with Crippen LogP contribution >= 0.6 is 11.6 Å². The van der Waals surface area contributed by atoms with Crippen molar-refractivity contribution in [3.05, 3.63) is 23.2 Å². The first-order chi connectivity index (χ1) is 9.76. The molecule has 1 spiro atoms. The predicted octanol–water partition coefficient (Wildman–Crippen LogP) is 3.13. The molecular formula is C15H19ClN2O3. The lowest BCUT2D eigenvalue weighted by molar-refractivity contribution is -0.0767. The molecule has 0 unspecified atom stereocenters. The number of likely N-dealkylation sites (tertiary alicyclic amines) is 1. The Balaban J connectivity index is 1.63. The number of hydrogen-bond acceptors (Lipinski definition) is 4. The third-order valence-electron chi connectivity index (χ3n) is 3.48. The smallest absolute Gasteiger partial charge is 0.410 e. The van der Waals surface area contributed by atoms with Gasteiger partial charge in [0.2, 0.25) is 0 Å². The molecule has 2 aliphatic heterocycles. The van der Waals surface area contributed by atoms with E-state index < -0.39 is 5.60 Å². The van der Waals surface area contributed by atoms with Crippen LogP contribution < -0.4 is 10.1 Å². The second kappa shape index (κ2) is 4.70. The van der Waals surface area contributed by atoms with E-state index >= 15 is 0 Å². The SMILES string of the molecule is CC(C)(C)OC(=O)N1CC2(CNc3cc(Cl)ccc3O2)C1. The van der Waals surface area contributed by atoms with Gasteiger partial charge >= 0.3 is 6.09 Å². The van der Waals surface area contributed by atoms with Crippen molar-refractivity contribution in [1.29, 1.82) is 0 Å². The molecule has 114 valence electrons. The van der Waals surface area contributed by atoms with Crippen LogP contribution in [0.2, 0.25) is 5.02 Å². The molecule has 5 nitrogen and oxygen atoms in total. The van der Waals surface area contributed by atoms with Gasteiger partial charge in [0.25, 0.3) is 0 Å². The van der Waals surface area contributed by atoms with Crippen LogP contribution in [0.25, 0.3) is 0 Å². The quantitative estimate of drug-likeness (QED) is 0.800. The van der Waals surface area contributed by atoms with E-state index in [4.69, 9.17) is 21.1 Å². The van der Waals surface area contributed by atoms with E-state index in [1.807, 2.05) is 32.9 Å². The minimum absolute atomic E-state index is 0.293. The molecule has 2 heterocycles. The molecule has 0 saturated carbocycles. The van der Waals surface area contributed by atoms with Crippen LogP contribution in [0.15, 0.2) is 18.2 Å².